The minimum atomic E-state index is 0.372. The van der Waals surface area contributed by atoms with Gasteiger partial charge in [-0.05, 0) is 26.2 Å². The third-order valence-electron chi connectivity index (χ3n) is 2.87. The molecule has 0 aliphatic heterocycles. The zero-order valence-corrected chi connectivity index (χ0v) is 11.4. The normalized spacial score (nSPS) is 14.2. The second-order valence-corrected chi connectivity index (χ2v) is 4.67. The van der Waals surface area contributed by atoms with Crippen LogP contribution in [0.2, 0.25) is 0 Å². The maximum atomic E-state index is 5.13. The number of aryl methyl sites for hydroxylation is 1. The molecule has 0 saturated carbocycles. The molecule has 0 bridgehead atoms. The second kappa shape index (κ2) is 6.42. The van der Waals surface area contributed by atoms with Crippen LogP contribution >= 0.6 is 0 Å². The lowest BCUT2D eigenvalue weighted by Crippen LogP contribution is -2.20. The van der Waals surface area contributed by atoms with E-state index in [1.165, 1.54) is 6.42 Å². The molecule has 0 aromatic carbocycles. The average molecular weight is 237 g/mol. The fourth-order valence-corrected chi connectivity index (χ4v) is 1.76. The Hall–Kier alpha value is -1.32. The Morgan fingerprint density at radius 2 is 2.06 bits per heavy atom. The van der Waals surface area contributed by atoms with Crippen LogP contribution in [0.4, 0.5) is 5.95 Å². The fraction of sp³-hybridized carbons (Fsp3) is 0.692. The van der Waals surface area contributed by atoms with Gasteiger partial charge in [0.2, 0.25) is 11.8 Å². The van der Waals surface area contributed by atoms with E-state index in [1.54, 1.807) is 7.11 Å². The molecule has 0 spiro atoms. The minimum absolute atomic E-state index is 0.372. The van der Waals surface area contributed by atoms with Crippen LogP contribution in [-0.4, -0.2) is 23.1 Å². The van der Waals surface area contributed by atoms with E-state index in [4.69, 9.17) is 4.74 Å². The number of ether oxygens (including phenoxy) is 1. The molecule has 0 aliphatic rings. The number of hydrogen-bond acceptors (Lipinski definition) is 4. The molecule has 0 fully saturated rings. The summed E-state index contributed by atoms with van der Waals surface area (Å²) < 4.78 is 5.13. The van der Waals surface area contributed by atoms with Gasteiger partial charge >= 0.3 is 0 Å². The van der Waals surface area contributed by atoms with Gasteiger partial charge in [0, 0.05) is 17.8 Å². The Kier molecular flexibility index (Phi) is 5.19. The first-order chi connectivity index (χ1) is 8.05. The molecule has 1 aromatic rings. The van der Waals surface area contributed by atoms with Crippen LogP contribution in [0, 0.1) is 12.8 Å². The summed E-state index contributed by atoms with van der Waals surface area (Å²) in [5.41, 5.74) is 0.912. The van der Waals surface area contributed by atoms with E-state index >= 15 is 0 Å². The highest BCUT2D eigenvalue weighted by atomic mass is 16.5. The van der Waals surface area contributed by atoms with Gasteiger partial charge in [0.05, 0.1) is 7.11 Å². The number of hydrogen-bond donors (Lipinski definition) is 1. The van der Waals surface area contributed by atoms with E-state index in [-0.39, 0.29) is 0 Å². The molecule has 96 valence electrons. The Morgan fingerprint density at radius 1 is 1.35 bits per heavy atom. The Morgan fingerprint density at radius 3 is 2.65 bits per heavy atom. The van der Waals surface area contributed by atoms with E-state index in [1.807, 2.05) is 13.0 Å². The third-order valence-corrected chi connectivity index (χ3v) is 2.87. The summed E-state index contributed by atoms with van der Waals surface area (Å²) in [6.07, 6.45) is 2.32. The van der Waals surface area contributed by atoms with Gasteiger partial charge in [-0.3, -0.25) is 0 Å². The van der Waals surface area contributed by atoms with Crippen molar-refractivity contribution in [3.05, 3.63) is 11.8 Å². The van der Waals surface area contributed by atoms with E-state index in [9.17, 15) is 0 Å². The molecule has 4 heteroatoms. The summed E-state index contributed by atoms with van der Waals surface area (Å²) in [4.78, 5) is 8.63. The van der Waals surface area contributed by atoms with Crippen molar-refractivity contribution in [3.8, 4) is 5.88 Å². The largest absolute Gasteiger partial charge is 0.481 e. The Bertz CT molecular complexity index is 355. The molecule has 1 rings (SSSR count). The number of nitrogens with zero attached hydrogens (tertiary/aromatic N) is 2. The highest BCUT2D eigenvalue weighted by Crippen LogP contribution is 2.15. The van der Waals surface area contributed by atoms with Crippen LogP contribution < -0.4 is 10.1 Å². The molecule has 17 heavy (non-hydrogen) atoms. The zero-order valence-electron chi connectivity index (χ0n) is 11.4. The van der Waals surface area contributed by atoms with Crippen LogP contribution in [0.1, 0.15) is 39.3 Å². The van der Waals surface area contributed by atoms with Gasteiger partial charge in [0.1, 0.15) is 0 Å². The molecule has 1 heterocycles. The predicted molar refractivity (Wildman–Crippen MR) is 70.5 cm³/mol. The van der Waals surface area contributed by atoms with Crippen LogP contribution in [0.3, 0.4) is 0 Å². The van der Waals surface area contributed by atoms with Crippen LogP contribution in [0.25, 0.3) is 0 Å². The summed E-state index contributed by atoms with van der Waals surface area (Å²) in [6.45, 7) is 8.57. The van der Waals surface area contributed by atoms with E-state index in [2.05, 4.69) is 36.1 Å². The Balaban J connectivity index is 2.64. The smallest absolute Gasteiger partial charge is 0.226 e. The van der Waals surface area contributed by atoms with Crippen molar-refractivity contribution in [2.45, 2.75) is 46.6 Å². The molecule has 1 N–H and O–H groups in total. The van der Waals surface area contributed by atoms with Crippen molar-refractivity contribution in [2.24, 2.45) is 5.92 Å². The second-order valence-electron chi connectivity index (χ2n) is 4.67. The highest BCUT2D eigenvalue weighted by Gasteiger charge is 2.09. The first kappa shape index (κ1) is 13.7. The summed E-state index contributed by atoms with van der Waals surface area (Å²) >= 11 is 0. The molecule has 0 aliphatic carbocycles. The van der Waals surface area contributed by atoms with Gasteiger partial charge in [0.25, 0.3) is 0 Å². The number of aromatic nitrogens is 2. The number of methoxy groups -OCH3 is 1. The third kappa shape index (κ3) is 4.59. The lowest BCUT2D eigenvalue weighted by molar-refractivity contribution is 0.396. The average Bonchev–Trinajstić information content (AvgIpc) is 2.27. The summed E-state index contributed by atoms with van der Waals surface area (Å²) in [5, 5.41) is 3.32. The van der Waals surface area contributed by atoms with Crippen LogP contribution in [0.5, 0.6) is 5.88 Å². The quantitative estimate of drug-likeness (QED) is 0.826. The zero-order chi connectivity index (χ0) is 12.8. The lowest BCUT2D eigenvalue weighted by Gasteiger charge is -2.17. The minimum Gasteiger partial charge on any atom is -0.481 e. The van der Waals surface area contributed by atoms with Gasteiger partial charge in [-0.15, -0.1) is 0 Å². The number of nitrogens with one attached hydrogen (secondary N) is 1. The maximum absolute atomic E-state index is 5.13. The molecular formula is C13H23N3O. The highest BCUT2D eigenvalue weighted by molar-refractivity contribution is 5.31. The maximum Gasteiger partial charge on any atom is 0.226 e. The first-order valence-electron chi connectivity index (χ1n) is 6.21. The molecule has 0 amide bonds. The number of rotatable bonds is 6. The van der Waals surface area contributed by atoms with Crippen molar-refractivity contribution in [3.63, 3.8) is 0 Å². The van der Waals surface area contributed by atoms with Crippen LogP contribution in [-0.2, 0) is 0 Å². The van der Waals surface area contributed by atoms with Crippen molar-refractivity contribution < 1.29 is 4.74 Å². The van der Waals surface area contributed by atoms with Gasteiger partial charge in [-0.1, -0.05) is 20.3 Å². The topological polar surface area (TPSA) is 47.0 Å². The molecule has 2 unspecified atom stereocenters. The summed E-state index contributed by atoms with van der Waals surface area (Å²) in [5.74, 6) is 1.97. The molecule has 1 aromatic heterocycles. The van der Waals surface area contributed by atoms with E-state index < -0.39 is 0 Å². The SMILES string of the molecule is CCC(C)CC(C)Nc1nc(C)cc(OC)n1. The van der Waals surface area contributed by atoms with E-state index in [0.717, 1.165) is 12.1 Å². The van der Waals surface area contributed by atoms with Crippen molar-refractivity contribution in [1.29, 1.82) is 0 Å². The molecule has 0 radical (unpaired) electrons. The molecule has 4 nitrogen and oxygen atoms in total. The van der Waals surface area contributed by atoms with Crippen molar-refractivity contribution in [1.82, 2.24) is 9.97 Å². The fourth-order valence-electron chi connectivity index (χ4n) is 1.76. The summed E-state index contributed by atoms with van der Waals surface area (Å²) in [7, 11) is 1.62. The van der Waals surface area contributed by atoms with Gasteiger partial charge in [-0.2, -0.15) is 4.98 Å². The molecule has 2 atom stereocenters. The first-order valence-corrected chi connectivity index (χ1v) is 6.21. The van der Waals surface area contributed by atoms with Gasteiger partial charge in [-0.25, -0.2) is 4.98 Å². The van der Waals surface area contributed by atoms with Crippen molar-refractivity contribution >= 4 is 5.95 Å². The van der Waals surface area contributed by atoms with Crippen LogP contribution in [0.15, 0.2) is 6.07 Å². The lowest BCUT2D eigenvalue weighted by atomic mass is 10.0. The predicted octanol–water partition coefficient (Wildman–Crippen LogP) is 3.03. The number of anilines is 1. The monoisotopic (exact) mass is 237 g/mol. The van der Waals surface area contributed by atoms with Crippen molar-refractivity contribution in [2.75, 3.05) is 12.4 Å². The molecule has 0 saturated heterocycles. The molecular weight excluding hydrogens is 214 g/mol. The standard InChI is InChI=1S/C13H23N3O/c1-6-9(2)7-10(3)14-13-15-11(4)8-12(16-13)17-5/h8-10H,6-7H2,1-5H3,(H,14,15,16). The van der Waals surface area contributed by atoms with Gasteiger partial charge < -0.3 is 10.1 Å². The van der Waals surface area contributed by atoms with E-state index in [0.29, 0.717) is 23.8 Å². The Labute approximate surface area is 104 Å². The van der Waals surface area contributed by atoms with Gasteiger partial charge in [0.15, 0.2) is 0 Å². The summed E-state index contributed by atoms with van der Waals surface area (Å²) in [6, 6.07) is 2.20.